The molecule has 1 heterocycles. The van der Waals surface area contributed by atoms with Crippen LogP contribution in [0, 0.1) is 5.92 Å². The lowest BCUT2D eigenvalue weighted by Crippen LogP contribution is -2.41. The van der Waals surface area contributed by atoms with Crippen LogP contribution >= 0.6 is 11.6 Å². The third-order valence-corrected chi connectivity index (χ3v) is 3.87. The molecule has 120 valence electrons. The summed E-state index contributed by atoms with van der Waals surface area (Å²) in [7, 11) is 0. The Hall–Kier alpha value is -1.48. The van der Waals surface area contributed by atoms with Gasteiger partial charge in [0.05, 0.1) is 0 Å². The standard InChI is InChI=1S/C18H24ClNO2/c1-18(2,3)22-17(21)20-12-10-15(11-13-20)5-4-14-6-8-16(19)9-7-14/h4-9,15H,10-13H2,1-3H3. The number of ether oxygens (including phenoxy) is 1. The average Bonchev–Trinajstić information content (AvgIpc) is 2.45. The van der Waals surface area contributed by atoms with Crippen LogP contribution in [0.15, 0.2) is 30.3 Å². The van der Waals surface area contributed by atoms with E-state index in [-0.39, 0.29) is 6.09 Å². The van der Waals surface area contributed by atoms with Gasteiger partial charge in [-0.05, 0) is 57.2 Å². The fourth-order valence-electron chi connectivity index (χ4n) is 2.42. The van der Waals surface area contributed by atoms with Crippen molar-refractivity contribution in [3.63, 3.8) is 0 Å². The summed E-state index contributed by atoms with van der Waals surface area (Å²) in [5.74, 6) is 0.509. The number of amides is 1. The Morgan fingerprint density at radius 2 is 1.82 bits per heavy atom. The molecule has 0 saturated carbocycles. The predicted molar refractivity (Wildman–Crippen MR) is 91.0 cm³/mol. The number of nitrogens with zero attached hydrogens (tertiary/aromatic N) is 1. The maximum Gasteiger partial charge on any atom is 0.410 e. The molecule has 0 unspecified atom stereocenters. The van der Waals surface area contributed by atoms with Crippen LogP contribution in [0.2, 0.25) is 5.02 Å². The van der Waals surface area contributed by atoms with Crippen molar-refractivity contribution < 1.29 is 9.53 Å². The Bertz CT molecular complexity index is 523. The van der Waals surface area contributed by atoms with E-state index in [0.29, 0.717) is 5.92 Å². The predicted octanol–water partition coefficient (Wildman–Crippen LogP) is 5.00. The first-order valence-electron chi connectivity index (χ1n) is 7.75. The summed E-state index contributed by atoms with van der Waals surface area (Å²) in [5.41, 5.74) is 0.724. The van der Waals surface area contributed by atoms with Crippen molar-refractivity contribution in [2.75, 3.05) is 13.1 Å². The molecule has 1 aromatic rings. The van der Waals surface area contributed by atoms with E-state index in [0.717, 1.165) is 36.5 Å². The average molecular weight is 322 g/mol. The molecule has 0 aliphatic carbocycles. The molecule has 2 rings (SSSR count). The van der Waals surface area contributed by atoms with Gasteiger partial charge in [0.1, 0.15) is 5.60 Å². The number of carbonyl (C=O) groups is 1. The molecule has 0 spiro atoms. The van der Waals surface area contributed by atoms with Crippen LogP contribution in [0.3, 0.4) is 0 Å². The molecule has 22 heavy (non-hydrogen) atoms. The number of rotatable bonds is 2. The highest BCUT2D eigenvalue weighted by atomic mass is 35.5. The number of carbonyl (C=O) groups excluding carboxylic acids is 1. The minimum atomic E-state index is -0.428. The van der Waals surface area contributed by atoms with Gasteiger partial charge in [-0.25, -0.2) is 4.79 Å². The Balaban J connectivity index is 1.82. The maximum absolute atomic E-state index is 12.0. The van der Waals surface area contributed by atoms with Crippen molar-refractivity contribution in [2.24, 2.45) is 5.92 Å². The zero-order valence-corrected chi connectivity index (χ0v) is 14.3. The smallest absolute Gasteiger partial charge is 0.410 e. The van der Waals surface area contributed by atoms with Gasteiger partial charge in [0.25, 0.3) is 0 Å². The van der Waals surface area contributed by atoms with E-state index in [1.807, 2.05) is 45.0 Å². The molecular formula is C18H24ClNO2. The van der Waals surface area contributed by atoms with Crippen molar-refractivity contribution in [1.29, 1.82) is 0 Å². The van der Waals surface area contributed by atoms with Gasteiger partial charge in [-0.2, -0.15) is 0 Å². The Morgan fingerprint density at radius 3 is 2.36 bits per heavy atom. The van der Waals surface area contributed by atoms with E-state index >= 15 is 0 Å². The Kier molecular flexibility index (Phi) is 5.52. The first kappa shape index (κ1) is 16.9. The Morgan fingerprint density at radius 1 is 1.23 bits per heavy atom. The van der Waals surface area contributed by atoms with Crippen molar-refractivity contribution in [3.8, 4) is 0 Å². The van der Waals surface area contributed by atoms with Crippen LogP contribution in [-0.2, 0) is 4.74 Å². The number of piperidine rings is 1. The SMILES string of the molecule is CC(C)(C)OC(=O)N1CCC(C=Cc2ccc(Cl)cc2)CC1. The highest BCUT2D eigenvalue weighted by molar-refractivity contribution is 6.30. The molecular weight excluding hydrogens is 298 g/mol. The highest BCUT2D eigenvalue weighted by Crippen LogP contribution is 2.22. The van der Waals surface area contributed by atoms with Crippen molar-refractivity contribution in [2.45, 2.75) is 39.2 Å². The molecule has 3 nitrogen and oxygen atoms in total. The lowest BCUT2D eigenvalue weighted by Gasteiger charge is -2.32. The summed E-state index contributed by atoms with van der Waals surface area (Å²) in [6, 6.07) is 7.81. The number of likely N-dealkylation sites (tertiary alicyclic amines) is 1. The van der Waals surface area contributed by atoms with E-state index in [1.165, 1.54) is 0 Å². The van der Waals surface area contributed by atoms with Gasteiger partial charge < -0.3 is 9.64 Å². The first-order valence-corrected chi connectivity index (χ1v) is 8.13. The minimum Gasteiger partial charge on any atom is -0.444 e. The van der Waals surface area contributed by atoms with E-state index < -0.39 is 5.60 Å². The van der Waals surface area contributed by atoms with Gasteiger partial charge >= 0.3 is 6.09 Å². The summed E-state index contributed by atoms with van der Waals surface area (Å²) in [5, 5.41) is 0.753. The molecule has 0 N–H and O–H groups in total. The molecule has 1 aliphatic heterocycles. The summed E-state index contributed by atoms with van der Waals surface area (Å²) >= 11 is 5.88. The van der Waals surface area contributed by atoms with E-state index in [1.54, 1.807) is 4.90 Å². The normalized spacial score (nSPS) is 17.0. The second-order valence-electron chi connectivity index (χ2n) is 6.72. The van der Waals surface area contributed by atoms with Crippen molar-refractivity contribution in [3.05, 3.63) is 40.9 Å². The largest absolute Gasteiger partial charge is 0.444 e. The summed E-state index contributed by atoms with van der Waals surface area (Å²) in [6.07, 6.45) is 6.11. The maximum atomic E-state index is 12.0. The monoisotopic (exact) mass is 321 g/mol. The van der Waals surface area contributed by atoms with Gasteiger partial charge in [-0.1, -0.05) is 35.9 Å². The number of benzene rings is 1. The van der Waals surface area contributed by atoms with Crippen LogP contribution < -0.4 is 0 Å². The summed E-state index contributed by atoms with van der Waals surface area (Å²) in [6.45, 7) is 7.20. The van der Waals surface area contributed by atoms with E-state index in [4.69, 9.17) is 16.3 Å². The molecule has 0 aromatic heterocycles. The topological polar surface area (TPSA) is 29.5 Å². The van der Waals surface area contributed by atoms with E-state index in [9.17, 15) is 4.79 Å². The van der Waals surface area contributed by atoms with Crippen LogP contribution in [0.5, 0.6) is 0 Å². The Labute approximate surface area is 137 Å². The van der Waals surface area contributed by atoms with Crippen molar-refractivity contribution in [1.82, 2.24) is 4.90 Å². The second-order valence-corrected chi connectivity index (χ2v) is 7.15. The van der Waals surface area contributed by atoms with Crippen molar-refractivity contribution >= 4 is 23.8 Å². The first-order chi connectivity index (χ1) is 10.3. The van der Waals surface area contributed by atoms with Crippen LogP contribution in [-0.4, -0.2) is 29.7 Å². The van der Waals surface area contributed by atoms with Gasteiger partial charge in [0.15, 0.2) is 0 Å². The quantitative estimate of drug-likeness (QED) is 0.767. The third-order valence-electron chi connectivity index (χ3n) is 3.62. The highest BCUT2D eigenvalue weighted by Gasteiger charge is 2.25. The molecule has 0 bridgehead atoms. The van der Waals surface area contributed by atoms with Crippen LogP contribution in [0.1, 0.15) is 39.2 Å². The van der Waals surface area contributed by atoms with E-state index in [2.05, 4.69) is 12.2 Å². The van der Waals surface area contributed by atoms with Gasteiger partial charge in [0, 0.05) is 18.1 Å². The fraction of sp³-hybridized carbons (Fsp3) is 0.500. The number of halogens is 1. The fourth-order valence-corrected chi connectivity index (χ4v) is 2.55. The van der Waals surface area contributed by atoms with Gasteiger partial charge in [0.2, 0.25) is 0 Å². The minimum absolute atomic E-state index is 0.201. The van der Waals surface area contributed by atoms with Crippen LogP contribution in [0.25, 0.3) is 6.08 Å². The molecule has 1 saturated heterocycles. The molecule has 4 heteroatoms. The molecule has 0 atom stereocenters. The zero-order chi connectivity index (χ0) is 16.2. The lowest BCUT2D eigenvalue weighted by molar-refractivity contribution is 0.0197. The third kappa shape index (κ3) is 5.38. The number of hydrogen-bond acceptors (Lipinski definition) is 2. The molecule has 1 aliphatic rings. The van der Waals surface area contributed by atoms with Crippen LogP contribution in [0.4, 0.5) is 4.79 Å². The molecule has 1 amide bonds. The summed E-state index contributed by atoms with van der Waals surface area (Å²) in [4.78, 5) is 13.8. The second kappa shape index (κ2) is 7.19. The molecule has 0 radical (unpaired) electrons. The number of hydrogen-bond donors (Lipinski definition) is 0. The molecule has 1 fully saturated rings. The summed E-state index contributed by atoms with van der Waals surface area (Å²) < 4.78 is 5.41. The molecule has 1 aromatic carbocycles. The number of allylic oxidation sites excluding steroid dienone is 1. The van der Waals surface area contributed by atoms with Gasteiger partial charge in [-0.3, -0.25) is 0 Å². The van der Waals surface area contributed by atoms with Gasteiger partial charge in [-0.15, -0.1) is 0 Å². The zero-order valence-electron chi connectivity index (χ0n) is 13.5. The lowest BCUT2D eigenvalue weighted by atomic mass is 9.96.